The molecule has 1 amide bonds. The summed E-state index contributed by atoms with van der Waals surface area (Å²) in [5.74, 6) is -0.202. The molecule has 0 heterocycles. The SMILES string of the molecule is CC(=O)N[C@H]1[C@H](O)C=C[C@@H]1SC(C)=O. The van der Waals surface area contributed by atoms with Crippen molar-refractivity contribution in [3.8, 4) is 0 Å². The third kappa shape index (κ3) is 2.85. The van der Waals surface area contributed by atoms with Gasteiger partial charge in [0.2, 0.25) is 5.91 Å². The first kappa shape index (κ1) is 11.3. The molecule has 0 bridgehead atoms. The lowest BCUT2D eigenvalue weighted by molar-refractivity contribution is -0.120. The normalized spacial score (nSPS) is 30.4. The van der Waals surface area contributed by atoms with E-state index in [4.69, 9.17) is 0 Å². The minimum Gasteiger partial charge on any atom is -0.387 e. The topological polar surface area (TPSA) is 66.4 Å². The highest BCUT2D eigenvalue weighted by Gasteiger charge is 2.32. The molecular weight excluding hydrogens is 202 g/mol. The van der Waals surface area contributed by atoms with E-state index in [0.29, 0.717) is 0 Å². The van der Waals surface area contributed by atoms with Crippen LogP contribution in [0.15, 0.2) is 12.2 Å². The van der Waals surface area contributed by atoms with Crippen LogP contribution in [-0.2, 0) is 9.59 Å². The Labute approximate surface area is 86.8 Å². The number of rotatable bonds is 2. The average molecular weight is 215 g/mol. The zero-order valence-corrected chi connectivity index (χ0v) is 8.88. The van der Waals surface area contributed by atoms with Gasteiger partial charge >= 0.3 is 0 Å². The zero-order valence-electron chi connectivity index (χ0n) is 8.06. The summed E-state index contributed by atoms with van der Waals surface area (Å²) < 4.78 is 0. The van der Waals surface area contributed by atoms with Gasteiger partial charge in [0.15, 0.2) is 5.12 Å². The Hall–Kier alpha value is -0.810. The van der Waals surface area contributed by atoms with Crippen molar-refractivity contribution in [1.29, 1.82) is 0 Å². The fraction of sp³-hybridized carbons (Fsp3) is 0.556. The molecule has 0 saturated carbocycles. The molecule has 0 spiro atoms. The summed E-state index contributed by atoms with van der Waals surface area (Å²) in [4.78, 5) is 21.7. The zero-order chi connectivity index (χ0) is 10.7. The largest absolute Gasteiger partial charge is 0.387 e. The van der Waals surface area contributed by atoms with Crippen LogP contribution >= 0.6 is 11.8 Å². The molecule has 1 aliphatic carbocycles. The van der Waals surface area contributed by atoms with Crippen molar-refractivity contribution in [3.05, 3.63) is 12.2 Å². The Bertz CT molecular complexity index is 277. The number of hydrogen-bond donors (Lipinski definition) is 2. The number of aliphatic hydroxyl groups is 1. The quantitative estimate of drug-likeness (QED) is 0.640. The lowest BCUT2D eigenvalue weighted by Crippen LogP contribution is -2.45. The van der Waals surface area contributed by atoms with Crippen molar-refractivity contribution < 1.29 is 14.7 Å². The van der Waals surface area contributed by atoms with E-state index < -0.39 is 6.10 Å². The van der Waals surface area contributed by atoms with E-state index in [0.717, 1.165) is 11.8 Å². The molecule has 0 aromatic rings. The number of thioether (sulfide) groups is 1. The Morgan fingerprint density at radius 2 is 2.00 bits per heavy atom. The Balaban J connectivity index is 2.60. The molecule has 0 aliphatic heterocycles. The highest BCUT2D eigenvalue weighted by atomic mass is 32.2. The molecule has 0 saturated heterocycles. The predicted octanol–water partition coefficient (Wildman–Crippen LogP) is 0.0701. The second-order valence-electron chi connectivity index (χ2n) is 3.18. The van der Waals surface area contributed by atoms with Gasteiger partial charge in [-0.3, -0.25) is 9.59 Å². The molecule has 3 atom stereocenters. The minimum atomic E-state index is -0.698. The van der Waals surface area contributed by atoms with Crippen LogP contribution in [0.4, 0.5) is 0 Å². The highest BCUT2D eigenvalue weighted by Crippen LogP contribution is 2.25. The molecule has 0 unspecified atom stereocenters. The lowest BCUT2D eigenvalue weighted by Gasteiger charge is -2.21. The summed E-state index contributed by atoms with van der Waals surface area (Å²) in [6, 6.07) is -0.388. The second-order valence-corrected chi connectivity index (χ2v) is 4.53. The molecule has 4 nitrogen and oxygen atoms in total. The first-order valence-electron chi connectivity index (χ1n) is 4.31. The summed E-state index contributed by atoms with van der Waals surface area (Å²) >= 11 is 1.12. The third-order valence-electron chi connectivity index (χ3n) is 1.89. The molecule has 14 heavy (non-hydrogen) atoms. The first-order valence-corrected chi connectivity index (χ1v) is 5.19. The number of aliphatic hydroxyl groups excluding tert-OH is 1. The number of amides is 1. The Morgan fingerprint density at radius 1 is 1.36 bits per heavy atom. The van der Waals surface area contributed by atoms with Gasteiger partial charge in [-0.1, -0.05) is 23.9 Å². The van der Waals surface area contributed by atoms with Gasteiger partial charge in [-0.2, -0.15) is 0 Å². The summed E-state index contributed by atoms with van der Waals surface area (Å²) in [6.07, 6.45) is 2.65. The lowest BCUT2D eigenvalue weighted by atomic mass is 10.2. The van der Waals surface area contributed by atoms with Gasteiger partial charge in [0.25, 0.3) is 0 Å². The molecule has 2 N–H and O–H groups in total. The molecule has 0 fully saturated rings. The number of carbonyl (C=O) groups excluding carboxylic acids is 2. The van der Waals surface area contributed by atoms with E-state index in [2.05, 4.69) is 5.32 Å². The van der Waals surface area contributed by atoms with Gasteiger partial charge in [-0.25, -0.2) is 0 Å². The maximum atomic E-state index is 10.9. The predicted molar refractivity (Wildman–Crippen MR) is 54.8 cm³/mol. The minimum absolute atomic E-state index is 0.0240. The summed E-state index contributed by atoms with van der Waals surface area (Å²) in [7, 11) is 0. The molecular formula is C9H13NO3S. The van der Waals surface area contributed by atoms with Gasteiger partial charge in [0, 0.05) is 13.8 Å². The number of hydrogen-bond acceptors (Lipinski definition) is 4. The fourth-order valence-electron chi connectivity index (χ4n) is 1.36. The van der Waals surface area contributed by atoms with Crippen LogP contribution in [0.25, 0.3) is 0 Å². The van der Waals surface area contributed by atoms with Crippen molar-refractivity contribution in [3.63, 3.8) is 0 Å². The molecule has 0 aromatic heterocycles. The van der Waals surface area contributed by atoms with E-state index >= 15 is 0 Å². The molecule has 78 valence electrons. The van der Waals surface area contributed by atoms with Crippen molar-refractivity contribution in [2.24, 2.45) is 0 Å². The van der Waals surface area contributed by atoms with Crippen LogP contribution < -0.4 is 5.32 Å². The smallest absolute Gasteiger partial charge is 0.217 e. The maximum Gasteiger partial charge on any atom is 0.217 e. The first-order chi connectivity index (χ1) is 6.50. The summed E-state index contributed by atoms with van der Waals surface area (Å²) in [6.45, 7) is 2.86. The van der Waals surface area contributed by atoms with Crippen molar-refractivity contribution in [2.75, 3.05) is 0 Å². The van der Waals surface area contributed by atoms with E-state index in [-0.39, 0.29) is 22.3 Å². The van der Waals surface area contributed by atoms with E-state index in [1.807, 2.05) is 0 Å². The van der Waals surface area contributed by atoms with Crippen LogP contribution in [0, 0.1) is 0 Å². The average Bonchev–Trinajstić information content (AvgIpc) is 2.34. The monoisotopic (exact) mass is 215 g/mol. The molecule has 5 heteroatoms. The van der Waals surface area contributed by atoms with Gasteiger partial charge in [-0.15, -0.1) is 0 Å². The van der Waals surface area contributed by atoms with Gasteiger partial charge in [0.1, 0.15) is 0 Å². The van der Waals surface area contributed by atoms with Gasteiger partial charge in [0.05, 0.1) is 17.4 Å². The van der Waals surface area contributed by atoms with E-state index in [9.17, 15) is 14.7 Å². The molecule has 1 rings (SSSR count). The summed E-state index contributed by atoms with van der Waals surface area (Å²) in [5.41, 5.74) is 0. The van der Waals surface area contributed by atoms with Crippen LogP contribution in [0.2, 0.25) is 0 Å². The molecule has 0 radical (unpaired) electrons. The molecule has 0 aromatic carbocycles. The van der Waals surface area contributed by atoms with E-state index in [1.165, 1.54) is 13.8 Å². The Morgan fingerprint density at radius 3 is 2.50 bits per heavy atom. The van der Waals surface area contributed by atoms with Gasteiger partial charge < -0.3 is 10.4 Å². The van der Waals surface area contributed by atoms with Gasteiger partial charge in [-0.05, 0) is 0 Å². The standard InChI is InChI=1S/C9H13NO3S/c1-5(11)10-9-7(13)3-4-8(9)14-6(2)12/h3-4,7-9,13H,1-2H3,(H,10,11)/t7-,8+,9+/m1/s1. The maximum absolute atomic E-state index is 10.9. The summed E-state index contributed by atoms with van der Waals surface area (Å²) in [5, 5.41) is 11.9. The number of nitrogens with one attached hydrogen (secondary N) is 1. The molecule has 1 aliphatic rings. The van der Waals surface area contributed by atoms with E-state index in [1.54, 1.807) is 12.2 Å². The van der Waals surface area contributed by atoms with Crippen LogP contribution in [0.1, 0.15) is 13.8 Å². The van der Waals surface area contributed by atoms with Crippen molar-refractivity contribution in [1.82, 2.24) is 5.32 Å². The fourth-order valence-corrected chi connectivity index (χ4v) is 2.29. The van der Waals surface area contributed by atoms with Crippen molar-refractivity contribution >= 4 is 22.8 Å². The third-order valence-corrected chi connectivity index (χ3v) is 2.95. The van der Waals surface area contributed by atoms with Crippen LogP contribution in [0.3, 0.4) is 0 Å². The Kier molecular flexibility index (Phi) is 3.71. The van der Waals surface area contributed by atoms with Crippen molar-refractivity contribution in [2.45, 2.75) is 31.2 Å². The highest BCUT2D eigenvalue weighted by molar-refractivity contribution is 8.14. The second kappa shape index (κ2) is 4.61. The number of carbonyl (C=O) groups is 2. The van der Waals surface area contributed by atoms with Crippen LogP contribution in [0.5, 0.6) is 0 Å². The van der Waals surface area contributed by atoms with Crippen LogP contribution in [-0.4, -0.2) is 33.5 Å².